The number of amides is 1. The summed E-state index contributed by atoms with van der Waals surface area (Å²) in [6.45, 7) is 5.88. The summed E-state index contributed by atoms with van der Waals surface area (Å²) >= 11 is 6.17. The fourth-order valence-electron chi connectivity index (χ4n) is 3.76. The van der Waals surface area contributed by atoms with Crippen LogP contribution in [0.15, 0.2) is 42.5 Å². The van der Waals surface area contributed by atoms with Gasteiger partial charge in [0.1, 0.15) is 11.6 Å². The van der Waals surface area contributed by atoms with Crippen LogP contribution in [0.4, 0.5) is 4.39 Å². The Hall–Kier alpha value is -2.64. The highest BCUT2D eigenvalue weighted by Gasteiger charge is 2.32. The number of piperazine rings is 1. The second-order valence-corrected chi connectivity index (χ2v) is 8.33. The molecule has 0 aromatic heterocycles. The molecule has 2 aromatic rings. The molecule has 0 bridgehead atoms. The Morgan fingerprint density at radius 1 is 1.10 bits per heavy atom. The Kier molecular flexibility index (Phi) is 7.51. The van der Waals surface area contributed by atoms with Crippen molar-refractivity contribution in [2.45, 2.75) is 38.9 Å². The van der Waals surface area contributed by atoms with Crippen LogP contribution in [0.25, 0.3) is 0 Å². The number of rotatable bonds is 7. The summed E-state index contributed by atoms with van der Waals surface area (Å²) in [4.78, 5) is 27.7. The number of aliphatic carboxylic acids is 1. The molecule has 1 fully saturated rings. The summed E-state index contributed by atoms with van der Waals surface area (Å²) < 4.78 is 18.7. The standard InChI is InChI=1S/C23H26ClFN2O4/c1-15-12-27(16(2)11-26(15)13-17-3-6-19(25)7-4-17)22(28)14-31-21-8-5-18(9-20(21)24)10-23(29)30/h3-9,15-16H,10-14H2,1-2H3,(H,29,30)/t15-,16+/m1/s1. The molecule has 8 heteroatoms. The maximum Gasteiger partial charge on any atom is 0.307 e. The minimum Gasteiger partial charge on any atom is -0.482 e. The molecular weight excluding hydrogens is 423 g/mol. The molecule has 1 N–H and O–H groups in total. The molecule has 1 aliphatic rings. The number of halogens is 2. The van der Waals surface area contributed by atoms with Gasteiger partial charge in [0.05, 0.1) is 11.4 Å². The normalized spacial score (nSPS) is 19.3. The molecule has 2 atom stereocenters. The topological polar surface area (TPSA) is 70.1 Å². The second-order valence-electron chi connectivity index (χ2n) is 7.92. The summed E-state index contributed by atoms with van der Waals surface area (Å²) in [5.41, 5.74) is 1.60. The Morgan fingerprint density at radius 3 is 2.42 bits per heavy atom. The van der Waals surface area contributed by atoms with Crippen molar-refractivity contribution in [3.8, 4) is 5.75 Å². The number of benzene rings is 2. The smallest absolute Gasteiger partial charge is 0.307 e. The van der Waals surface area contributed by atoms with E-state index in [1.165, 1.54) is 18.2 Å². The van der Waals surface area contributed by atoms with Crippen LogP contribution < -0.4 is 4.74 Å². The minimum atomic E-state index is -0.943. The molecule has 3 rings (SSSR count). The first kappa shape index (κ1) is 23.0. The molecule has 166 valence electrons. The summed E-state index contributed by atoms with van der Waals surface area (Å²) in [5, 5.41) is 9.14. The van der Waals surface area contributed by atoms with Gasteiger partial charge in [0.25, 0.3) is 5.91 Å². The molecule has 1 heterocycles. The zero-order chi connectivity index (χ0) is 22.5. The number of hydrogen-bond acceptors (Lipinski definition) is 4. The van der Waals surface area contributed by atoms with Crippen LogP contribution in [-0.2, 0) is 22.6 Å². The van der Waals surface area contributed by atoms with Gasteiger partial charge in [0, 0.05) is 31.7 Å². The molecule has 0 aliphatic carbocycles. The molecule has 0 spiro atoms. The van der Waals surface area contributed by atoms with Crippen molar-refractivity contribution in [3.05, 3.63) is 64.4 Å². The van der Waals surface area contributed by atoms with Crippen molar-refractivity contribution in [2.24, 2.45) is 0 Å². The maximum absolute atomic E-state index is 13.1. The number of hydrogen-bond donors (Lipinski definition) is 1. The molecule has 31 heavy (non-hydrogen) atoms. The Morgan fingerprint density at radius 2 is 1.77 bits per heavy atom. The highest BCUT2D eigenvalue weighted by Crippen LogP contribution is 2.26. The summed E-state index contributed by atoms with van der Waals surface area (Å²) in [5.74, 6) is -0.981. The minimum absolute atomic E-state index is 0.00108. The van der Waals surface area contributed by atoms with Gasteiger partial charge in [-0.25, -0.2) is 4.39 Å². The van der Waals surface area contributed by atoms with E-state index in [9.17, 15) is 14.0 Å². The molecule has 1 aliphatic heterocycles. The van der Waals surface area contributed by atoms with E-state index in [0.717, 1.165) is 5.56 Å². The first-order valence-electron chi connectivity index (χ1n) is 10.1. The Balaban J connectivity index is 1.55. The van der Waals surface area contributed by atoms with E-state index in [4.69, 9.17) is 21.4 Å². The SMILES string of the molecule is C[C@@H]1CN(C(=O)COc2ccc(CC(=O)O)cc2Cl)[C@@H](C)CN1Cc1ccc(F)cc1. The summed E-state index contributed by atoms with van der Waals surface area (Å²) in [7, 11) is 0. The summed E-state index contributed by atoms with van der Waals surface area (Å²) in [6.07, 6.45) is -0.128. The molecule has 0 saturated carbocycles. The zero-order valence-corrected chi connectivity index (χ0v) is 18.3. The molecule has 1 amide bonds. The van der Waals surface area contributed by atoms with E-state index < -0.39 is 5.97 Å². The van der Waals surface area contributed by atoms with Crippen LogP contribution in [0.2, 0.25) is 5.02 Å². The Labute approximate surface area is 186 Å². The quantitative estimate of drug-likeness (QED) is 0.700. The third-order valence-corrected chi connectivity index (χ3v) is 5.73. The maximum atomic E-state index is 13.1. The van der Waals surface area contributed by atoms with E-state index in [0.29, 0.717) is 30.9 Å². The van der Waals surface area contributed by atoms with E-state index in [1.54, 1.807) is 29.2 Å². The van der Waals surface area contributed by atoms with Gasteiger partial charge < -0.3 is 14.7 Å². The lowest BCUT2D eigenvalue weighted by atomic mass is 10.1. The predicted octanol–water partition coefficient (Wildman–Crippen LogP) is 3.61. The zero-order valence-electron chi connectivity index (χ0n) is 17.6. The van der Waals surface area contributed by atoms with Gasteiger partial charge in [-0.05, 0) is 49.2 Å². The molecule has 0 unspecified atom stereocenters. The van der Waals surface area contributed by atoms with Crippen LogP contribution in [-0.4, -0.2) is 58.6 Å². The predicted molar refractivity (Wildman–Crippen MR) is 116 cm³/mol. The number of carbonyl (C=O) groups excluding carboxylic acids is 1. The van der Waals surface area contributed by atoms with Crippen molar-refractivity contribution in [2.75, 3.05) is 19.7 Å². The van der Waals surface area contributed by atoms with Crippen molar-refractivity contribution < 1.29 is 23.8 Å². The van der Waals surface area contributed by atoms with Crippen molar-refractivity contribution >= 4 is 23.5 Å². The first-order valence-corrected chi connectivity index (χ1v) is 10.5. The number of carbonyl (C=O) groups is 2. The lowest BCUT2D eigenvalue weighted by molar-refractivity contribution is -0.139. The van der Waals surface area contributed by atoms with Crippen molar-refractivity contribution in [3.63, 3.8) is 0 Å². The van der Waals surface area contributed by atoms with Crippen LogP contribution in [0.1, 0.15) is 25.0 Å². The van der Waals surface area contributed by atoms with Crippen LogP contribution >= 0.6 is 11.6 Å². The van der Waals surface area contributed by atoms with Crippen LogP contribution in [0.5, 0.6) is 5.75 Å². The largest absolute Gasteiger partial charge is 0.482 e. The van der Waals surface area contributed by atoms with Gasteiger partial charge in [-0.15, -0.1) is 0 Å². The highest BCUT2D eigenvalue weighted by molar-refractivity contribution is 6.32. The van der Waals surface area contributed by atoms with E-state index in [1.807, 2.05) is 6.92 Å². The van der Waals surface area contributed by atoms with Gasteiger partial charge >= 0.3 is 5.97 Å². The van der Waals surface area contributed by atoms with Crippen molar-refractivity contribution in [1.29, 1.82) is 0 Å². The molecule has 6 nitrogen and oxygen atoms in total. The van der Waals surface area contributed by atoms with Gasteiger partial charge in [-0.2, -0.15) is 0 Å². The summed E-state index contributed by atoms with van der Waals surface area (Å²) in [6, 6.07) is 11.4. The molecule has 1 saturated heterocycles. The van der Waals surface area contributed by atoms with Crippen LogP contribution in [0, 0.1) is 5.82 Å². The van der Waals surface area contributed by atoms with Crippen molar-refractivity contribution in [1.82, 2.24) is 9.80 Å². The number of carboxylic acid groups (broad SMARTS) is 1. The Bertz CT molecular complexity index is 938. The fourth-order valence-corrected chi connectivity index (χ4v) is 4.02. The first-order chi connectivity index (χ1) is 14.7. The van der Waals surface area contributed by atoms with Gasteiger partial charge in [0.2, 0.25) is 0 Å². The van der Waals surface area contributed by atoms with E-state index >= 15 is 0 Å². The number of carboxylic acids is 1. The third kappa shape index (κ3) is 6.18. The monoisotopic (exact) mass is 448 g/mol. The number of nitrogens with zero attached hydrogens (tertiary/aromatic N) is 2. The highest BCUT2D eigenvalue weighted by atomic mass is 35.5. The molecule has 0 radical (unpaired) electrons. The van der Waals surface area contributed by atoms with Gasteiger partial charge in [-0.3, -0.25) is 14.5 Å². The van der Waals surface area contributed by atoms with E-state index in [-0.39, 0.29) is 41.9 Å². The average Bonchev–Trinajstić information content (AvgIpc) is 2.71. The number of ether oxygens (including phenoxy) is 1. The fraction of sp³-hybridized carbons (Fsp3) is 0.391. The van der Waals surface area contributed by atoms with Gasteiger partial charge in [-0.1, -0.05) is 29.8 Å². The lowest BCUT2D eigenvalue weighted by Gasteiger charge is -2.44. The van der Waals surface area contributed by atoms with Crippen LogP contribution in [0.3, 0.4) is 0 Å². The second kappa shape index (κ2) is 10.1. The van der Waals surface area contributed by atoms with E-state index in [2.05, 4.69) is 11.8 Å². The molecular formula is C23H26ClFN2O4. The molecule has 2 aromatic carbocycles. The van der Waals surface area contributed by atoms with Gasteiger partial charge in [0.15, 0.2) is 6.61 Å². The average molecular weight is 449 g/mol. The third-order valence-electron chi connectivity index (χ3n) is 5.44. The lowest BCUT2D eigenvalue weighted by Crippen LogP contribution is -2.58.